The molecule has 0 aliphatic carbocycles. The largest absolute Gasteiger partial charge is 0.348 e. The van der Waals surface area contributed by atoms with Gasteiger partial charge in [-0.3, -0.25) is 9.36 Å². The van der Waals surface area contributed by atoms with Crippen molar-refractivity contribution < 1.29 is 4.79 Å². The molecule has 0 atom stereocenters. The van der Waals surface area contributed by atoms with Crippen LogP contribution in [0, 0.1) is 0 Å². The van der Waals surface area contributed by atoms with Gasteiger partial charge in [0.2, 0.25) is 0 Å². The number of fused-ring (bicyclic) bond motifs is 1. The van der Waals surface area contributed by atoms with Gasteiger partial charge in [0.25, 0.3) is 5.91 Å². The lowest BCUT2D eigenvalue weighted by Crippen LogP contribution is -2.22. The summed E-state index contributed by atoms with van der Waals surface area (Å²) >= 11 is 0. The van der Waals surface area contributed by atoms with Gasteiger partial charge in [0.1, 0.15) is 11.8 Å². The van der Waals surface area contributed by atoms with E-state index in [2.05, 4.69) is 15.3 Å². The zero-order valence-electron chi connectivity index (χ0n) is 13.5. The Kier molecular flexibility index (Phi) is 3.96. The minimum absolute atomic E-state index is 0.108. The highest BCUT2D eigenvalue weighted by Crippen LogP contribution is 2.17. The fraction of sp³-hybridized carbons (Fsp3) is 0.0500. The average Bonchev–Trinajstić information content (AvgIpc) is 3.11. The van der Waals surface area contributed by atoms with E-state index in [9.17, 15) is 4.79 Å². The second-order valence-electron chi connectivity index (χ2n) is 5.68. The molecule has 2 heterocycles. The molecular weight excluding hydrogens is 312 g/mol. The second kappa shape index (κ2) is 6.57. The lowest BCUT2D eigenvalue weighted by molar-refractivity contribution is 0.0951. The quantitative estimate of drug-likeness (QED) is 0.625. The third kappa shape index (κ3) is 3.12. The lowest BCUT2D eigenvalue weighted by atomic mass is 10.1. The van der Waals surface area contributed by atoms with E-state index in [1.165, 1.54) is 0 Å². The Bertz CT molecular complexity index is 1020. The van der Waals surface area contributed by atoms with Crippen molar-refractivity contribution in [2.45, 2.75) is 6.54 Å². The smallest absolute Gasteiger partial charge is 0.251 e. The van der Waals surface area contributed by atoms with Gasteiger partial charge in [-0.1, -0.05) is 36.4 Å². The normalized spacial score (nSPS) is 10.7. The molecular formula is C20H16N4O. The summed E-state index contributed by atoms with van der Waals surface area (Å²) < 4.78 is 1.88. The Balaban J connectivity index is 1.58. The summed E-state index contributed by atoms with van der Waals surface area (Å²) in [6.07, 6.45) is 3.45. The first kappa shape index (κ1) is 15.1. The minimum atomic E-state index is -0.108. The topological polar surface area (TPSA) is 59.8 Å². The average molecular weight is 328 g/mol. The van der Waals surface area contributed by atoms with Crippen molar-refractivity contribution in [3.05, 3.63) is 90.4 Å². The SMILES string of the molecule is O=C(NCc1ccccc1)c1cccc(-n2cnc3cccnc32)c1. The summed E-state index contributed by atoms with van der Waals surface area (Å²) in [6, 6.07) is 21.1. The Labute approximate surface area is 145 Å². The van der Waals surface area contributed by atoms with E-state index in [1.54, 1.807) is 18.6 Å². The molecule has 1 N–H and O–H groups in total. The fourth-order valence-electron chi connectivity index (χ4n) is 2.72. The molecule has 5 heteroatoms. The van der Waals surface area contributed by atoms with E-state index < -0.39 is 0 Å². The molecule has 0 fully saturated rings. The van der Waals surface area contributed by atoms with Crippen LogP contribution in [0.1, 0.15) is 15.9 Å². The van der Waals surface area contributed by atoms with Crippen molar-refractivity contribution in [1.29, 1.82) is 0 Å². The van der Waals surface area contributed by atoms with Crippen LogP contribution >= 0.6 is 0 Å². The number of carbonyl (C=O) groups is 1. The number of imidazole rings is 1. The van der Waals surface area contributed by atoms with Crippen molar-refractivity contribution in [2.75, 3.05) is 0 Å². The molecule has 0 saturated heterocycles. The third-order valence-corrected chi connectivity index (χ3v) is 3.99. The molecule has 0 spiro atoms. The number of nitrogens with zero attached hydrogens (tertiary/aromatic N) is 3. The van der Waals surface area contributed by atoms with Gasteiger partial charge in [-0.05, 0) is 35.9 Å². The first-order chi connectivity index (χ1) is 12.3. The molecule has 0 aliphatic heterocycles. The molecule has 1 amide bonds. The molecule has 0 unspecified atom stereocenters. The number of hydrogen-bond donors (Lipinski definition) is 1. The van der Waals surface area contributed by atoms with E-state index in [-0.39, 0.29) is 5.91 Å². The number of carbonyl (C=O) groups excluding carboxylic acids is 1. The highest BCUT2D eigenvalue weighted by atomic mass is 16.1. The number of aromatic nitrogens is 3. The fourth-order valence-corrected chi connectivity index (χ4v) is 2.72. The number of benzene rings is 2. The number of pyridine rings is 1. The van der Waals surface area contributed by atoms with Crippen molar-refractivity contribution in [3.63, 3.8) is 0 Å². The molecule has 0 saturated carbocycles. The summed E-state index contributed by atoms with van der Waals surface area (Å²) in [4.78, 5) is 21.2. The predicted octanol–water partition coefficient (Wildman–Crippen LogP) is 3.35. The molecule has 0 aliphatic rings. The molecule has 2 aromatic heterocycles. The summed E-state index contributed by atoms with van der Waals surface area (Å²) in [5.41, 5.74) is 4.11. The number of nitrogens with one attached hydrogen (secondary N) is 1. The summed E-state index contributed by atoms with van der Waals surface area (Å²) in [7, 11) is 0. The lowest BCUT2D eigenvalue weighted by Gasteiger charge is -2.08. The number of rotatable bonds is 4. The summed E-state index contributed by atoms with van der Waals surface area (Å²) in [6.45, 7) is 0.499. The van der Waals surface area contributed by atoms with Crippen LogP contribution in [-0.2, 0) is 6.54 Å². The molecule has 5 nitrogen and oxygen atoms in total. The highest BCUT2D eigenvalue weighted by Gasteiger charge is 2.09. The van der Waals surface area contributed by atoms with Crippen molar-refractivity contribution in [2.24, 2.45) is 0 Å². The van der Waals surface area contributed by atoms with Gasteiger partial charge in [-0.2, -0.15) is 0 Å². The maximum atomic E-state index is 12.5. The van der Waals surface area contributed by atoms with Crippen LogP contribution in [0.25, 0.3) is 16.9 Å². The minimum Gasteiger partial charge on any atom is -0.348 e. The van der Waals surface area contributed by atoms with Crippen LogP contribution in [0.4, 0.5) is 0 Å². The maximum Gasteiger partial charge on any atom is 0.251 e. The number of hydrogen-bond acceptors (Lipinski definition) is 3. The highest BCUT2D eigenvalue weighted by molar-refractivity contribution is 5.94. The van der Waals surface area contributed by atoms with Crippen molar-refractivity contribution in [1.82, 2.24) is 19.9 Å². The van der Waals surface area contributed by atoms with Gasteiger partial charge < -0.3 is 5.32 Å². The Morgan fingerprint density at radius 2 is 1.84 bits per heavy atom. The first-order valence-corrected chi connectivity index (χ1v) is 8.02. The molecule has 0 radical (unpaired) electrons. The van der Waals surface area contributed by atoms with Crippen LogP contribution in [0.15, 0.2) is 79.3 Å². The van der Waals surface area contributed by atoms with E-state index in [0.29, 0.717) is 12.1 Å². The Hall–Kier alpha value is -3.47. The molecule has 2 aromatic carbocycles. The molecule has 4 aromatic rings. The van der Waals surface area contributed by atoms with Gasteiger partial charge in [-0.25, -0.2) is 9.97 Å². The van der Waals surface area contributed by atoms with Crippen LogP contribution in [0.5, 0.6) is 0 Å². The molecule has 0 bridgehead atoms. The Morgan fingerprint density at radius 1 is 0.960 bits per heavy atom. The van der Waals surface area contributed by atoms with Gasteiger partial charge in [0.05, 0.1) is 0 Å². The van der Waals surface area contributed by atoms with Gasteiger partial charge in [0.15, 0.2) is 5.65 Å². The second-order valence-corrected chi connectivity index (χ2v) is 5.68. The van der Waals surface area contributed by atoms with Crippen LogP contribution in [0.2, 0.25) is 0 Å². The van der Waals surface area contributed by atoms with Gasteiger partial charge in [0, 0.05) is 24.0 Å². The zero-order chi connectivity index (χ0) is 17.1. The van der Waals surface area contributed by atoms with E-state index >= 15 is 0 Å². The number of amides is 1. The molecule has 25 heavy (non-hydrogen) atoms. The molecule has 122 valence electrons. The van der Waals surface area contributed by atoms with Crippen LogP contribution < -0.4 is 5.32 Å². The maximum absolute atomic E-state index is 12.5. The van der Waals surface area contributed by atoms with Crippen LogP contribution in [0.3, 0.4) is 0 Å². The van der Waals surface area contributed by atoms with E-state index in [4.69, 9.17) is 0 Å². The van der Waals surface area contributed by atoms with Gasteiger partial charge >= 0.3 is 0 Å². The van der Waals surface area contributed by atoms with E-state index in [1.807, 2.05) is 65.2 Å². The van der Waals surface area contributed by atoms with Crippen molar-refractivity contribution >= 4 is 17.1 Å². The summed E-state index contributed by atoms with van der Waals surface area (Å²) in [5, 5.41) is 2.95. The third-order valence-electron chi connectivity index (χ3n) is 3.99. The van der Waals surface area contributed by atoms with E-state index in [0.717, 1.165) is 22.4 Å². The van der Waals surface area contributed by atoms with Crippen molar-refractivity contribution in [3.8, 4) is 5.69 Å². The predicted molar refractivity (Wildman–Crippen MR) is 96.5 cm³/mol. The molecule has 4 rings (SSSR count). The van der Waals surface area contributed by atoms with Gasteiger partial charge in [-0.15, -0.1) is 0 Å². The van der Waals surface area contributed by atoms with Crippen LogP contribution in [-0.4, -0.2) is 20.4 Å². The monoisotopic (exact) mass is 328 g/mol. The Morgan fingerprint density at radius 3 is 2.72 bits per heavy atom. The first-order valence-electron chi connectivity index (χ1n) is 8.02. The summed E-state index contributed by atoms with van der Waals surface area (Å²) in [5.74, 6) is -0.108. The zero-order valence-corrected chi connectivity index (χ0v) is 13.5. The standard InChI is InChI=1S/C20H16N4O/c25-20(22-13-15-6-2-1-3-7-15)16-8-4-9-17(12-16)24-14-23-18-10-5-11-21-19(18)24/h1-12,14H,13H2,(H,22,25).